The number of nitrogens with one attached hydrogen (secondary N) is 1. The maximum atomic E-state index is 12.7. The molecule has 2 aromatic carbocycles. The van der Waals surface area contributed by atoms with Gasteiger partial charge in [0.05, 0.1) is 19.9 Å². The molecule has 1 aliphatic heterocycles. The van der Waals surface area contributed by atoms with Crippen LogP contribution < -0.4 is 14.8 Å². The van der Waals surface area contributed by atoms with Gasteiger partial charge in [0, 0.05) is 11.3 Å². The second kappa shape index (κ2) is 10.6. The third-order valence-corrected chi connectivity index (χ3v) is 5.24. The lowest BCUT2D eigenvalue weighted by Gasteiger charge is -2.29. The Morgan fingerprint density at radius 3 is 2.54 bits per heavy atom. The van der Waals surface area contributed by atoms with Crippen LogP contribution in [0, 0.1) is 0 Å². The minimum Gasteiger partial charge on any atom is -0.493 e. The molecule has 1 atom stereocenters. The molecule has 1 unspecified atom stereocenters. The first kappa shape index (κ1) is 25.5. The zero-order chi connectivity index (χ0) is 26.6. The fourth-order valence-corrected chi connectivity index (χ4v) is 3.52. The van der Waals surface area contributed by atoms with Crippen molar-refractivity contribution in [1.82, 2.24) is 9.99 Å². The summed E-state index contributed by atoms with van der Waals surface area (Å²) in [5.41, 5.74) is 1.92. The molecule has 1 aliphatic rings. The molecule has 2 heterocycles. The molecule has 10 nitrogen and oxygen atoms in total. The second-order valence-electron chi connectivity index (χ2n) is 7.75. The molecule has 2 amide bonds. The fraction of sp³-hybridized carbons (Fsp3) is 0.250. The number of methoxy groups -OCH3 is 1. The van der Waals surface area contributed by atoms with E-state index in [2.05, 4.69) is 20.1 Å². The monoisotopic (exact) mass is 518 g/mol. The van der Waals surface area contributed by atoms with E-state index in [0.29, 0.717) is 28.9 Å². The van der Waals surface area contributed by atoms with Crippen LogP contribution in [0.3, 0.4) is 0 Å². The number of hydrogen-bond donors (Lipinski definition) is 1. The van der Waals surface area contributed by atoms with Crippen LogP contribution in [-0.4, -0.2) is 47.3 Å². The van der Waals surface area contributed by atoms with Gasteiger partial charge in [-0.25, -0.2) is 9.78 Å². The number of amides is 2. The number of hydrogen-bond acceptors (Lipinski definition) is 8. The lowest BCUT2D eigenvalue weighted by molar-refractivity contribution is -0.275. The van der Waals surface area contributed by atoms with E-state index >= 15 is 0 Å². The molecule has 0 spiro atoms. The second-order valence-corrected chi connectivity index (χ2v) is 7.75. The maximum absolute atomic E-state index is 12.7. The largest absolute Gasteiger partial charge is 0.573 e. The molecule has 0 bridgehead atoms. The summed E-state index contributed by atoms with van der Waals surface area (Å²) < 4.78 is 57.6. The van der Waals surface area contributed by atoms with Crippen LogP contribution in [0.1, 0.15) is 35.0 Å². The number of cyclic esters (lactones) is 1. The van der Waals surface area contributed by atoms with Crippen LogP contribution in [0.25, 0.3) is 0 Å². The number of hydrazone groups is 1. The number of benzene rings is 2. The molecule has 0 saturated heterocycles. The van der Waals surface area contributed by atoms with Gasteiger partial charge in [-0.3, -0.25) is 4.79 Å². The highest BCUT2D eigenvalue weighted by Crippen LogP contribution is 2.34. The predicted molar refractivity (Wildman–Crippen MR) is 123 cm³/mol. The first-order valence-corrected chi connectivity index (χ1v) is 11.0. The molecule has 0 fully saturated rings. The average molecular weight is 518 g/mol. The van der Waals surface area contributed by atoms with Crippen molar-refractivity contribution in [3.8, 4) is 11.5 Å². The summed E-state index contributed by atoms with van der Waals surface area (Å²) in [7, 11) is 1.21. The van der Waals surface area contributed by atoms with Crippen molar-refractivity contribution >= 4 is 23.4 Å². The van der Waals surface area contributed by atoms with E-state index in [9.17, 15) is 22.8 Å². The van der Waals surface area contributed by atoms with E-state index in [-0.39, 0.29) is 18.1 Å². The number of carbonyl (C=O) groups is 2. The van der Waals surface area contributed by atoms with Crippen LogP contribution in [0.2, 0.25) is 0 Å². The highest BCUT2D eigenvalue weighted by Gasteiger charge is 2.34. The standard InChI is InChI=1S/C24H21F3N4O6/c1-3-17-21(15-6-9-18(19(10-15)34-2)37-24(25,26)27)30-31(23(33)36-17)12-14-4-7-16(8-5-14)29-22(32)20-11-28-13-35-20/h4-11,13,17H,3,12H2,1-2H3,(H,29,32). The summed E-state index contributed by atoms with van der Waals surface area (Å²) in [4.78, 5) is 28.3. The van der Waals surface area contributed by atoms with E-state index in [1.165, 1.54) is 25.4 Å². The third kappa shape index (κ3) is 6.18. The van der Waals surface area contributed by atoms with E-state index < -0.39 is 30.2 Å². The number of rotatable bonds is 8. The zero-order valence-electron chi connectivity index (χ0n) is 19.6. The van der Waals surface area contributed by atoms with Crippen LogP contribution in [-0.2, 0) is 11.3 Å². The van der Waals surface area contributed by atoms with Crippen LogP contribution in [0.4, 0.5) is 23.7 Å². The van der Waals surface area contributed by atoms with Crippen LogP contribution in [0.15, 0.2) is 64.6 Å². The lowest BCUT2D eigenvalue weighted by Crippen LogP contribution is -2.41. The third-order valence-electron chi connectivity index (χ3n) is 5.24. The normalized spacial score (nSPS) is 15.6. The number of nitrogens with zero attached hydrogens (tertiary/aromatic N) is 3. The molecule has 1 aromatic heterocycles. The van der Waals surface area contributed by atoms with Crippen molar-refractivity contribution in [1.29, 1.82) is 0 Å². The van der Waals surface area contributed by atoms with Gasteiger partial charge in [0.2, 0.25) is 5.76 Å². The molecule has 1 N–H and O–H groups in total. The minimum absolute atomic E-state index is 0.0432. The van der Waals surface area contributed by atoms with Gasteiger partial charge >= 0.3 is 12.5 Å². The molecule has 3 aromatic rings. The van der Waals surface area contributed by atoms with Crippen LogP contribution in [0.5, 0.6) is 11.5 Å². The van der Waals surface area contributed by atoms with Crippen molar-refractivity contribution in [2.75, 3.05) is 12.4 Å². The van der Waals surface area contributed by atoms with E-state index in [1.807, 2.05) is 0 Å². The van der Waals surface area contributed by atoms with Crippen LogP contribution >= 0.6 is 0 Å². The van der Waals surface area contributed by atoms with E-state index in [4.69, 9.17) is 13.9 Å². The molecule has 194 valence electrons. The van der Waals surface area contributed by atoms with E-state index in [0.717, 1.165) is 17.5 Å². The Morgan fingerprint density at radius 1 is 1.16 bits per heavy atom. The van der Waals surface area contributed by atoms with E-state index in [1.54, 1.807) is 31.2 Å². The number of halogens is 3. The number of aromatic nitrogens is 1. The van der Waals surface area contributed by atoms with Gasteiger partial charge < -0.3 is 23.9 Å². The highest BCUT2D eigenvalue weighted by atomic mass is 19.4. The molecular weight excluding hydrogens is 497 g/mol. The van der Waals surface area contributed by atoms with Crippen molar-refractivity contribution in [2.24, 2.45) is 5.10 Å². The topological polar surface area (TPSA) is 115 Å². The van der Waals surface area contributed by atoms with Gasteiger partial charge in [0.25, 0.3) is 5.91 Å². The Bertz CT molecular complexity index is 1290. The SMILES string of the molecule is CCC1OC(=O)N(Cc2ccc(NC(=O)c3cnco3)cc2)N=C1c1ccc(OC(F)(F)F)c(OC)c1. The molecule has 0 radical (unpaired) electrons. The molecule has 4 rings (SSSR count). The Labute approximate surface area is 208 Å². The quantitative estimate of drug-likeness (QED) is 0.448. The van der Waals surface area contributed by atoms with Gasteiger partial charge in [0.1, 0.15) is 11.8 Å². The molecule has 37 heavy (non-hydrogen) atoms. The Kier molecular flexibility index (Phi) is 7.32. The Hall–Kier alpha value is -4.55. The van der Waals surface area contributed by atoms with Crippen molar-refractivity contribution in [3.05, 3.63) is 71.9 Å². The smallest absolute Gasteiger partial charge is 0.493 e. The number of anilines is 1. The number of oxazole rings is 1. The first-order chi connectivity index (χ1) is 17.7. The summed E-state index contributed by atoms with van der Waals surface area (Å²) in [5.74, 6) is -1.07. The zero-order valence-corrected chi connectivity index (χ0v) is 19.6. The van der Waals surface area contributed by atoms with Crippen molar-refractivity contribution < 1.29 is 41.4 Å². The van der Waals surface area contributed by atoms with Gasteiger partial charge in [-0.05, 0) is 42.3 Å². The van der Waals surface area contributed by atoms with Crippen molar-refractivity contribution in [2.45, 2.75) is 32.4 Å². The lowest BCUT2D eigenvalue weighted by atomic mass is 10.0. The predicted octanol–water partition coefficient (Wildman–Crippen LogP) is 4.97. The summed E-state index contributed by atoms with van der Waals surface area (Å²) in [5, 5.41) is 8.20. The van der Waals surface area contributed by atoms with Gasteiger partial charge in [-0.15, -0.1) is 13.2 Å². The molecule has 13 heteroatoms. The Balaban J connectivity index is 1.53. The maximum Gasteiger partial charge on any atom is 0.573 e. The van der Waals surface area contributed by atoms with Gasteiger partial charge in [-0.1, -0.05) is 19.1 Å². The van der Waals surface area contributed by atoms with Gasteiger partial charge in [-0.2, -0.15) is 10.1 Å². The summed E-state index contributed by atoms with van der Waals surface area (Å²) >= 11 is 0. The van der Waals surface area contributed by atoms with Crippen molar-refractivity contribution in [3.63, 3.8) is 0 Å². The molecule has 0 saturated carbocycles. The first-order valence-electron chi connectivity index (χ1n) is 11.0. The summed E-state index contributed by atoms with van der Waals surface area (Å²) in [6, 6.07) is 10.5. The molecule has 0 aliphatic carbocycles. The summed E-state index contributed by atoms with van der Waals surface area (Å²) in [6.07, 6.45) is -3.45. The average Bonchev–Trinajstić information content (AvgIpc) is 3.41. The highest BCUT2D eigenvalue weighted by molar-refractivity contribution is 6.06. The fourth-order valence-electron chi connectivity index (χ4n) is 3.52. The minimum atomic E-state index is -4.89. The number of ether oxygens (including phenoxy) is 3. The number of carbonyl (C=O) groups excluding carboxylic acids is 2. The number of alkyl halides is 3. The summed E-state index contributed by atoms with van der Waals surface area (Å²) in [6.45, 7) is 1.83. The molecular formula is C24H21F3N4O6. The van der Waals surface area contributed by atoms with Gasteiger partial charge in [0.15, 0.2) is 17.9 Å². The Morgan fingerprint density at radius 2 is 1.92 bits per heavy atom.